The van der Waals surface area contributed by atoms with Crippen LogP contribution in [0.4, 0.5) is 10.1 Å². The number of nitrogens with two attached hydrogens (primary N) is 1. The minimum absolute atomic E-state index is 0.0157. The second kappa shape index (κ2) is 10.2. The minimum Gasteiger partial charge on any atom is -0.489 e. The molecule has 1 aliphatic carbocycles. The highest BCUT2D eigenvalue weighted by Crippen LogP contribution is 2.47. The molecule has 1 atom stereocenters. The van der Waals surface area contributed by atoms with Gasteiger partial charge in [-0.15, -0.1) is 0 Å². The fraction of sp³-hybridized carbons (Fsp3) is 0.250. The summed E-state index contributed by atoms with van der Waals surface area (Å²) in [7, 11) is 0. The Kier molecular flexibility index (Phi) is 6.77. The topological polar surface area (TPSA) is 79.3 Å². The number of carbonyl (C=O) groups is 1. The Balaban J connectivity index is 1.62. The van der Waals surface area contributed by atoms with Crippen LogP contribution in [-0.4, -0.2) is 5.78 Å². The molecule has 3 aromatic rings. The van der Waals surface area contributed by atoms with Crippen molar-refractivity contribution in [3.8, 4) is 11.8 Å². The van der Waals surface area contributed by atoms with Gasteiger partial charge in [-0.2, -0.15) is 5.26 Å². The summed E-state index contributed by atoms with van der Waals surface area (Å²) >= 11 is 0. The second-order valence-corrected chi connectivity index (χ2v) is 10.0. The van der Waals surface area contributed by atoms with Gasteiger partial charge in [0.2, 0.25) is 0 Å². The van der Waals surface area contributed by atoms with Crippen LogP contribution < -0.4 is 15.4 Å². The summed E-state index contributed by atoms with van der Waals surface area (Å²) in [5.41, 5.74) is 14.0. The Morgan fingerprint density at radius 2 is 1.74 bits per heavy atom. The third-order valence-electron chi connectivity index (χ3n) is 7.42. The van der Waals surface area contributed by atoms with Crippen LogP contribution >= 0.6 is 0 Å². The number of hydrogen-bond acceptors (Lipinski definition) is 5. The fourth-order valence-electron chi connectivity index (χ4n) is 5.49. The van der Waals surface area contributed by atoms with Gasteiger partial charge in [0.25, 0.3) is 0 Å². The lowest BCUT2D eigenvalue weighted by atomic mass is 9.73. The van der Waals surface area contributed by atoms with E-state index in [0.717, 1.165) is 39.3 Å². The third kappa shape index (κ3) is 4.56. The highest BCUT2D eigenvalue weighted by Gasteiger charge is 2.41. The number of hydrogen-bond donors (Lipinski definition) is 1. The predicted octanol–water partition coefficient (Wildman–Crippen LogP) is 6.63. The summed E-state index contributed by atoms with van der Waals surface area (Å²) in [5, 5.41) is 10.3. The fourth-order valence-corrected chi connectivity index (χ4v) is 5.49. The molecule has 0 saturated heterocycles. The van der Waals surface area contributed by atoms with E-state index >= 15 is 0 Å². The van der Waals surface area contributed by atoms with Gasteiger partial charge in [-0.3, -0.25) is 9.69 Å². The average Bonchev–Trinajstić information content (AvgIpc) is 2.90. The molecule has 1 unspecified atom stereocenters. The zero-order chi connectivity index (χ0) is 27.0. The molecule has 0 radical (unpaired) electrons. The van der Waals surface area contributed by atoms with Crippen molar-refractivity contribution in [2.45, 2.75) is 52.6 Å². The van der Waals surface area contributed by atoms with Gasteiger partial charge in [0.1, 0.15) is 24.0 Å². The zero-order valence-electron chi connectivity index (χ0n) is 21.8. The quantitative estimate of drug-likeness (QED) is 0.419. The van der Waals surface area contributed by atoms with Gasteiger partial charge < -0.3 is 10.5 Å². The van der Waals surface area contributed by atoms with Crippen LogP contribution in [-0.2, 0) is 11.4 Å². The maximum atomic E-state index is 13.7. The van der Waals surface area contributed by atoms with Crippen molar-refractivity contribution in [3.63, 3.8) is 0 Å². The number of nitriles is 1. The number of allylic oxidation sites excluding steroid dienone is 3. The van der Waals surface area contributed by atoms with Crippen molar-refractivity contribution in [3.05, 3.63) is 117 Å². The molecule has 3 aromatic carbocycles. The lowest BCUT2D eigenvalue weighted by Crippen LogP contribution is -2.39. The molecule has 0 aromatic heterocycles. The summed E-state index contributed by atoms with van der Waals surface area (Å²) in [5.74, 6) is 0.131. The van der Waals surface area contributed by atoms with Crippen LogP contribution in [0.2, 0.25) is 0 Å². The van der Waals surface area contributed by atoms with Gasteiger partial charge in [0.15, 0.2) is 5.78 Å². The van der Waals surface area contributed by atoms with Crippen LogP contribution in [0, 0.1) is 37.9 Å². The molecule has 2 N–H and O–H groups in total. The van der Waals surface area contributed by atoms with Gasteiger partial charge in [-0.25, -0.2) is 4.39 Å². The van der Waals surface area contributed by atoms with E-state index in [2.05, 4.69) is 12.1 Å². The van der Waals surface area contributed by atoms with E-state index in [1.54, 1.807) is 17.0 Å². The summed E-state index contributed by atoms with van der Waals surface area (Å²) in [6.45, 7) is 6.40. The highest BCUT2D eigenvalue weighted by atomic mass is 19.1. The summed E-state index contributed by atoms with van der Waals surface area (Å²) in [6, 6.07) is 20.3. The van der Waals surface area contributed by atoms with Crippen LogP contribution in [0.3, 0.4) is 0 Å². The Labute approximate surface area is 222 Å². The molecule has 0 fully saturated rings. The van der Waals surface area contributed by atoms with E-state index in [-0.39, 0.29) is 17.4 Å². The normalized spacial score (nSPS) is 17.4. The van der Waals surface area contributed by atoms with Crippen molar-refractivity contribution in [2.75, 3.05) is 4.90 Å². The highest BCUT2D eigenvalue weighted by molar-refractivity contribution is 6.01. The molecule has 0 bridgehead atoms. The monoisotopic (exact) mass is 507 g/mol. The van der Waals surface area contributed by atoms with Crippen molar-refractivity contribution in [1.29, 1.82) is 5.26 Å². The third-order valence-corrected chi connectivity index (χ3v) is 7.42. The van der Waals surface area contributed by atoms with E-state index in [1.165, 1.54) is 12.1 Å². The largest absolute Gasteiger partial charge is 0.489 e. The first-order valence-electron chi connectivity index (χ1n) is 12.8. The molecular weight excluding hydrogens is 477 g/mol. The molecule has 2 aliphatic rings. The number of Topliss-reactive ketones (excluding diaryl/α,β-unsaturated/α-hetero) is 1. The minimum atomic E-state index is -0.572. The lowest BCUT2D eigenvalue weighted by molar-refractivity contribution is -0.116. The van der Waals surface area contributed by atoms with Crippen LogP contribution in [0.15, 0.2) is 83.3 Å². The molecule has 0 amide bonds. The Morgan fingerprint density at radius 1 is 1.03 bits per heavy atom. The molecule has 5 rings (SSSR count). The maximum Gasteiger partial charge on any atom is 0.161 e. The second-order valence-electron chi connectivity index (χ2n) is 10.0. The van der Waals surface area contributed by atoms with Gasteiger partial charge in [-0.05, 0) is 86.7 Å². The van der Waals surface area contributed by atoms with E-state index in [0.29, 0.717) is 42.7 Å². The Morgan fingerprint density at radius 3 is 2.42 bits per heavy atom. The van der Waals surface area contributed by atoms with E-state index in [9.17, 15) is 14.4 Å². The number of nitrogens with zero attached hydrogens (tertiary/aromatic N) is 2. The van der Waals surface area contributed by atoms with Gasteiger partial charge in [0.05, 0.1) is 17.6 Å². The lowest BCUT2D eigenvalue weighted by Gasteiger charge is -2.40. The first kappa shape index (κ1) is 25.3. The first-order valence-corrected chi connectivity index (χ1v) is 12.8. The number of carbonyl (C=O) groups excluding carboxylic acids is 1. The van der Waals surface area contributed by atoms with Crippen molar-refractivity contribution in [2.24, 2.45) is 5.73 Å². The maximum absolute atomic E-state index is 13.7. The summed E-state index contributed by atoms with van der Waals surface area (Å²) < 4.78 is 19.8. The molecular formula is C32H30FN3O2. The van der Waals surface area contributed by atoms with Gasteiger partial charge in [-0.1, -0.05) is 35.4 Å². The Bertz CT molecular complexity index is 1510. The molecule has 6 heteroatoms. The van der Waals surface area contributed by atoms with Gasteiger partial charge >= 0.3 is 0 Å². The molecule has 1 aliphatic heterocycles. The van der Waals surface area contributed by atoms with Crippen LogP contribution in [0.25, 0.3) is 0 Å². The van der Waals surface area contributed by atoms with Crippen LogP contribution in [0.1, 0.15) is 53.0 Å². The van der Waals surface area contributed by atoms with Crippen molar-refractivity contribution >= 4 is 11.5 Å². The van der Waals surface area contributed by atoms with Crippen molar-refractivity contribution < 1.29 is 13.9 Å². The van der Waals surface area contributed by atoms with E-state index < -0.39 is 5.92 Å². The van der Waals surface area contributed by atoms with Crippen molar-refractivity contribution in [1.82, 2.24) is 0 Å². The number of rotatable bonds is 5. The number of benzene rings is 3. The molecule has 0 saturated carbocycles. The predicted molar refractivity (Wildman–Crippen MR) is 146 cm³/mol. The molecule has 192 valence electrons. The van der Waals surface area contributed by atoms with E-state index in [4.69, 9.17) is 10.5 Å². The number of halogens is 1. The number of ether oxygens (including phenoxy) is 1. The molecule has 5 nitrogen and oxygen atoms in total. The zero-order valence-corrected chi connectivity index (χ0v) is 21.8. The molecule has 38 heavy (non-hydrogen) atoms. The SMILES string of the molecule is Cc1ccc(OCc2cc(C)cc(C3C(C#N)=C(N)N(c4ccc(F)cc4)C4=C3C(=O)CCC4)c2C)cc1. The summed E-state index contributed by atoms with van der Waals surface area (Å²) in [6.07, 6.45) is 1.75. The number of anilines is 1. The number of aryl methyl sites for hydroxylation is 2. The first-order chi connectivity index (χ1) is 18.3. The molecule has 1 heterocycles. The van der Waals surface area contributed by atoms with Crippen LogP contribution in [0.5, 0.6) is 5.75 Å². The molecule has 0 spiro atoms. The van der Waals surface area contributed by atoms with Gasteiger partial charge in [0, 0.05) is 23.4 Å². The average molecular weight is 508 g/mol. The Hall–Kier alpha value is -4.37. The standard InChI is InChI=1S/C32H30FN3O2/c1-19-7-13-25(14-8-19)38-18-22-15-20(2)16-26(21(22)3)30-27(17-34)32(35)36(24-11-9-23(33)10-12-24)28-5-4-6-29(37)31(28)30/h7-16,30H,4-6,18,35H2,1-3H3. The smallest absolute Gasteiger partial charge is 0.161 e. The van der Waals surface area contributed by atoms with E-state index in [1.807, 2.05) is 51.1 Å². The summed E-state index contributed by atoms with van der Waals surface area (Å²) in [4.78, 5) is 15.2. The number of ketones is 1.